The van der Waals surface area contributed by atoms with Crippen LogP contribution in [0.15, 0.2) is 76.0 Å². The van der Waals surface area contributed by atoms with Crippen molar-refractivity contribution in [1.82, 2.24) is 0 Å². The van der Waals surface area contributed by atoms with Crippen LogP contribution in [0.5, 0.6) is 0 Å². The summed E-state index contributed by atoms with van der Waals surface area (Å²) in [5, 5.41) is 25.7. The molecule has 6 rings (SSSR count). The standard InChI is InChI=1S/C31H34O3S/c1-30-18-27(21-5-3-20(4-6-21)23-12-16-35-19-23)29-25-10-8-24(33)17-22(25)7-9-26(29)28(30)11-14-31(30,34)13-2-15-32/h2-6,12-13,16-17,19,26-28,32,34H,7-11,14-15,18H2,1H3/t26-,27+,28-,30-,31?/m0/s1. The van der Waals surface area contributed by atoms with E-state index in [0.717, 1.165) is 38.5 Å². The minimum absolute atomic E-state index is 0.0442. The summed E-state index contributed by atoms with van der Waals surface area (Å²) < 4.78 is 0. The second kappa shape index (κ2) is 8.69. The maximum atomic E-state index is 12.2. The van der Waals surface area contributed by atoms with Gasteiger partial charge in [0.1, 0.15) is 0 Å². The molecule has 3 nitrogen and oxygen atoms in total. The predicted octanol–water partition coefficient (Wildman–Crippen LogP) is 6.59. The Labute approximate surface area is 211 Å². The van der Waals surface area contributed by atoms with E-state index in [1.807, 2.05) is 12.2 Å². The first-order chi connectivity index (χ1) is 16.9. The minimum atomic E-state index is -0.899. The van der Waals surface area contributed by atoms with E-state index >= 15 is 0 Å². The molecule has 2 fully saturated rings. The maximum absolute atomic E-state index is 12.2. The van der Waals surface area contributed by atoms with E-state index in [1.165, 1.54) is 27.8 Å². The third-order valence-corrected chi connectivity index (χ3v) is 10.3. The number of hydrogen-bond acceptors (Lipinski definition) is 4. The van der Waals surface area contributed by atoms with Gasteiger partial charge in [0, 0.05) is 17.8 Å². The van der Waals surface area contributed by atoms with E-state index < -0.39 is 5.60 Å². The number of ketones is 1. The fraction of sp³-hybridized carbons (Fsp3) is 0.452. The Balaban J connectivity index is 1.47. The largest absolute Gasteiger partial charge is 0.392 e. The first-order valence-corrected chi connectivity index (χ1v) is 14.0. The SMILES string of the molecule is C[C@]12C[C@H](c3ccc(-c4ccsc4)cc3)C3=C4CCC(=O)C=C4CC[C@H]3[C@@H]1CCC2(O)C=CCO. The van der Waals surface area contributed by atoms with E-state index in [2.05, 4.69) is 48.0 Å². The molecule has 0 aliphatic heterocycles. The number of thiophene rings is 1. The van der Waals surface area contributed by atoms with Crippen molar-refractivity contribution >= 4 is 17.1 Å². The van der Waals surface area contributed by atoms with Crippen molar-refractivity contribution in [2.75, 3.05) is 6.61 Å². The molecule has 0 amide bonds. The Hall–Kier alpha value is -2.27. The van der Waals surface area contributed by atoms with Crippen LogP contribution in [0.4, 0.5) is 0 Å². The highest BCUT2D eigenvalue weighted by atomic mass is 32.1. The molecule has 35 heavy (non-hydrogen) atoms. The maximum Gasteiger partial charge on any atom is 0.156 e. The van der Waals surface area contributed by atoms with Crippen LogP contribution in [0.3, 0.4) is 0 Å². The Kier molecular flexibility index (Phi) is 5.75. The summed E-state index contributed by atoms with van der Waals surface area (Å²) in [7, 11) is 0. The number of carbonyl (C=O) groups is 1. The topological polar surface area (TPSA) is 57.5 Å². The van der Waals surface area contributed by atoms with E-state index in [0.29, 0.717) is 18.3 Å². The predicted molar refractivity (Wildman–Crippen MR) is 141 cm³/mol. The highest BCUT2D eigenvalue weighted by Gasteiger charge is 2.61. The molecule has 2 saturated carbocycles. The van der Waals surface area contributed by atoms with Crippen molar-refractivity contribution in [3.8, 4) is 11.1 Å². The molecule has 0 bridgehead atoms. The molecule has 1 heterocycles. The van der Waals surface area contributed by atoms with Crippen LogP contribution in [-0.4, -0.2) is 28.2 Å². The number of hydrogen-bond donors (Lipinski definition) is 2. The van der Waals surface area contributed by atoms with Crippen molar-refractivity contribution in [3.63, 3.8) is 0 Å². The van der Waals surface area contributed by atoms with Crippen LogP contribution < -0.4 is 0 Å². The Morgan fingerprint density at radius 3 is 2.66 bits per heavy atom. The minimum Gasteiger partial charge on any atom is -0.392 e. The lowest BCUT2D eigenvalue weighted by molar-refractivity contribution is -0.114. The lowest BCUT2D eigenvalue weighted by atomic mass is 9.51. The highest BCUT2D eigenvalue weighted by molar-refractivity contribution is 7.08. The first-order valence-electron chi connectivity index (χ1n) is 13.0. The molecule has 1 aromatic heterocycles. The monoisotopic (exact) mass is 486 g/mol. The number of fused-ring (bicyclic) bond motifs is 4. The van der Waals surface area contributed by atoms with Crippen molar-refractivity contribution < 1.29 is 15.0 Å². The van der Waals surface area contributed by atoms with Crippen molar-refractivity contribution in [1.29, 1.82) is 0 Å². The van der Waals surface area contributed by atoms with Gasteiger partial charge in [0.15, 0.2) is 5.78 Å². The average Bonchev–Trinajstić information content (AvgIpc) is 3.49. The molecule has 1 aromatic carbocycles. The van der Waals surface area contributed by atoms with Crippen molar-refractivity contribution in [2.24, 2.45) is 17.3 Å². The Bertz CT molecular complexity index is 1220. The van der Waals surface area contributed by atoms with Crippen molar-refractivity contribution in [2.45, 2.75) is 63.4 Å². The fourth-order valence-corrected chi connectivity index (χ4v) is 8.52. The van der Waals surface area contributed by atoms with Crippen LogP contribution in [0.2, 0.25) is 0 Å². The van der Waals surface area contributed by atoms with Gasteiger partial charge in [-0.25, -0.2) is 0 Å². The highest BCUT2D eigenvalue weighted by Crippen LogP contribution is 2.67. The van der Waals surface area contributed by atoms with Gasteiger partial charge in [-0.05, 0) is 101 Å². The lowest BCUT2D eigenvalue weighted by Crippen LogP contribution is -2.50. The summed E-state index contributed by atoms with van der Waals surface area (Å²) in [6.45, 7) is 2.24. The molecule has 182 valence electrons. The number of benzene rings is 1. The van der Waals surface area contributed by atoms with Crippen LogP contribution in [0, 0.1) is 17.3 Å². The number of rotatable bonds is 4. The molecule has 1 unspecified atom stereocenters. The summed E-state index contributed by atoms with van der Waals surface area (Å²) in [4.78, 5) is 12.2. The van der Waals surface area contributed by atoms with Gasteiger partial charge in [-0.3, -0.25) is 4.79 Å². The summed E-state index contributed by atoms with van der Waals surface area (Å²) >= 11 is 1.72. The van der Waals surface area contributed by atoms with Gasteiger partial charge in [-0.2, -0.15) is 11.3 Å². The number of aliphatic hydroxyl groups excluding tert-OH is 1. The Morgan fingerprint density at radius 2 is 1.91 bits per heavy atom. The number of aliphatic hydroxyl groups is 2. The summed E-state index contributed by atoms with van der Waals surface area (Å²) in [6, 6.07) is 11.2. The Morgan fingerprint density at radius 1 is 1.09 bits per heavy atom. The number of allylic oxidation sites excluding steroid dienone is 4. The second-order valence-electron chi connectivity index (χ2n) is 11.2. The summed E-state index contributed by atoms with van der Waals surface area (Å²) in [6.07, 6.45) is 11.7. The van der Waals surface area contributed by atoms with Gasteiger partial charge in [0.05, 0.1) is 12.2 Å². The van der Waals surface area contributed by atoms with Gasteiger partial charge in [-0.1, -0.05) is 48.9 Å². The quantitative estimate of drug-likeness (QED) is 0.479. The van der Waals surface area contributed by atoms with Crippen LogP contribution in [0.25, 0.3) is 11.1 Å². The van der Waals surface area contributed by atoms with Crippen molar-refractivity contribution in [3.05, 3.63) is 81.6 Å². The molecule has 4 aliphatic carbocycles. The molecule has 0 spiro atoms. The van der Waals surface area contributed by atoms with Gasteiger partial charge < -0.3 is 10.2 Å². The third kappa shape index (κ3) is 3.64. The van der Waals surface area contributed by atoms with E-state index in [4.69, 9.17) is 0 Å². The summed E-state index contributed by atoms with van der Waals surface area (Å²) in [5.74, 6) is 1.35. The van der Waals surface area contributed by atoms with E-state index in [1.54, 1.807) is 23.0 Å². The van der Waals surface area contributed by atoms with E-state index in [9.17, 15) is 15.0 Å². The molecule has 5 atom stereocenters. The van der Waals surface area contributed by atoms with Gasteiger partial charge in [-0.15, -0.1) is 0 Å². The van der Waals surface area contributed by atoms with Gasteiger partial charge in [0.2, 0.25) is 0 Å². The lowest BCUT2D eigenvalue weighted by Gasteiger charge is -2.54. The fourth-order valence-electron chi connectivity index (χ4n) is 7.86. The normalized spacial score (nSPS) is 34.5. The van der Waals surface area contributed by atoms with Crippen LogP contribution >= 0.6 is 11.3 Å². The molecule has 0 saturated heterocycles. The molecule has 4 heteroatoms. The van der Waals surface area contributed by atoms with Gasteiger partial charge >= 0.3 is 0 Å². The smallest absolute Gasteiger partial charge is 0.156 e. The van der Waals surface area contributed by atoms with Gasteiger partial charge in [0.25, 0.3) is 0 Å². The molecule has 0 radical (unpaired) electrons. The molecule has 2 aromatic rings. The zero-order valence-electron chi connectivity index (χ0n) is 20.4. The molecule has 4 aliphatic rings. The summed E-state index contributed by atoms with van der Waals surface area (Å²) in [5.41, 5.74) is 6.91. The van der Waals surface area contributed by atoms with Crippen LogP contribution in [0.1, 0.15) is 63.4 Å². The van der Waals surface area contributed by atoms with E-state index in [-0.39, 0.29) is 23.7 Å². The zero-order chi connectivity index (χ0) is 24.2. The zero-order valence-corrected chi connectivity index (χ0v) is 21.2. The first kappa shape index (κ1) is 23.1. The third-order valence-electron chi connectivity index (χ3n) is 9.62. The van der Waals surface area contributed by atoms with Crippen LogP contribution in [-0.2, 0) is 4.79 Å². The number of carbonyl (C=O) groups excluding carboxylic acids is 1. The molecular formula is C31H34O3S. The average molecular weight is 487 g/mol. The molecular weight excluding hydrogens is 452 g/mol. The molecule has 2 N–H and O–H groups in total. The second-order valence-corrected chi connectivity index (χ2v) is 12.0.